The molecule has 1 fully saturated rings. The van der Waals surface area contributed by atoms with Gasteiger partial charge in [-0.25, -0.2) is 4.98 Å². The second-order valence-electron chi connectivity index (χ2n) is 8.24. The third-order valence-electron chi connectivity index (χ3n) is 6.26. The van der Waals surface area contributed by atoms with E-state index in [-0.39, 0.29) is 11.8 Å². The number of rotatable bonds is 9. The molecule has 1 aromatic carbocycles. The van der Waals surface area contributed by atoms with E-state index in [1.54, 1.807) is 6.20 Å². The third kappa shape index (κ3) is 5.57. The number of pyridine rings is 1. The van der Waals surface area contributed by atoms with Crippen molar-refractivity contribution >= 4 is 11.7 Å². The van der Waals surface area contributed by atoms with Crippen molar-refractivity contribution in [3.63, 3.8) is 0 Å². The van der Waals surface area contributed by atoms with Crippen molar-refractivity contribution < 1.29 is 9.32 Å². The summed E-state index contributed by atoms with van der Waals surface area (Å²) >= 11 is 0. The summed E-state index contributed by atoms with van der Waals surface area (Å²) in [6.45, 7) is 9.41. The summed E-state index contributed by atoms with van der Waals surface area (Å²) in [4.78, 5) is 26.4. The van der Waals surface area contributed by atoms with Gasteiger partial charge in [-0.1, -0.05) is 49.3 Å². The lowest BCUT2D eigenvalue weighted by atomic mass is 9.95. The number of anilines is 1. The summed E-state index contributed by atoms with van der Waals surface area (Å²) in [5.41, 5.74) is 1.72. The first-order valence-corrected chi connectivity index (χ1v) is 11.8. The van der Waals surface area contributed by atoms with Crippen molar-refractivity contribution in [1.82, 2.24) is 25.3 Å². The number of nitrogens with one attached hydrogen (secondary N) is 1. The predicted octanol–water partition coefficient (Wildman–Crippen LogP) is 3.47. The van der Waals surface area contributed by atoms with Gasteiger partial charge in [0.2, 0.25) is 11.7 Å². The fourth-order valence-electron chi connectivity index (χ4n) is 4.23. The molecule has 4 rings (SSSR count). The van der Waals surface area contributed by atoms with Crippen LogP contribution in [0.5, 0.6) is 0 Å². The van der Waals surface area contributed by atoms with Gasteiger partial charge >= 0.3 is 0 Å². The molecule has 8 heteroatoms. The van der Waals surface area contributed by atoms with Gasteiger partial charge in [-0.3, -0.25) is 4.79 Å². The first-order chi connectivity index (χ1) is 16.2. The van der Waals surface area contributed by atoms with Gasteiger partial charge in [0, 0.05) is 43.9 Å². The van der Waals surface area contributed by atoms with Gasteiger partial charge in [0.15, 0.2) is 0 Å². The van der Waals surface area contributed by atoms with Crippen LogP contribution in [0, 0.1) is 5.92 Å². The Balaban J connectivity index is 1.38. The summed E-state index contributed by atoms with van der Waals surface area (Å²) in [6.07, 6.45) is 3.37. The number of hydrogen-bond acceptors (Lipinski definition) is 7. The summed E-state index contributed by atoms with van der Waals surface area (Å²) in [5, 5.41) is 7.26. The fraction of sp³-hybridized carbons (Fsp3) is 0.440. The second-order valence-corrected chi connectivity index (χ2v) is 8.24. The summed E-state index contributed by atoms with van der Waals surface area (Å²) in [6, 6.07) is 13.6. The number of hydrogen-bond donors (Lipinski definition) is 1. The molecule has 0 saturated carbocycles. The molecule has 0 unspecified atom stereocenters. The van der Waals surface area contributed by atoms with Crippen LogP contribution in [0.4, 0.5) is 5.82 Å². The van der Waals surface area contributed by atoms with Gasteiger partial charge in [0.05, 0.1) is 5.56 Å². The molecular weight excluding hydrogens is 416 g/mol. The molecule has 1 aliphatic heterocycles. The van der Waals surface area contributed by atoms with Crippen molar-refractivity contribution in [1.29, 1.82) is 0 Å². The molecule has 0 atom stereocenters. The Morgan fingerprint density at radius 1 is 1.12 bits per heavy atom. The number of nitrogens with zero attached hydrogens (tertiary/aromatic N) is 5. The highest BCUT2D eigenvalue weighted by Gasteiger charge is 2.27. The van der Waals surface area contributed by atoms with E-state index in [1.165, 1.54) is 0 Å². The first kappa shape index (κ1) is 22.9. The molecule has 1 N–H and O–H groups in total. The minimum absolute atomic E-state index is 0.0400. The molecule has 0 spiro atoms. The van der Waals surface area contributed by atoms with E-state index in [4.69, 9.17) is 4.52 Å². The van der Waals surface area contributed by atoms with E-state index >= 15 is 0 Å². The monoisotopic (exact) mass is 448 g/mol. The van der Waals surface area contributed by atoms with Crippen molar-refractivity contribution in [3.05, 3.63) is 48.7 Å². The minimum Gasteiger partial charge on any atom is -0.356 e. The summed E-state index contributed by atoms with van der Waals surface area (Å²) < 4.78 is 5.58. The lowest BCUT2D eigenvalue weighted by molar-refractivity contribution is -0.125. The van der Waals surface area contributed by atoms with Crippen molar-refractivity contribution in [3.8, 4) is 22.8 Å². The van der Waals surface area contributed by atoms with E-state index in [1.807, 2.05) is 42.5 Å². The minimum atomic E-state index is 0.0400. The SMILES string of the molecule is CCN(CC)CCNC(=O)C1CCN(c2ncccc2-c2nc(-c3ccccc3)no2)CC1. The summed E-state index contributed by atoms with van der Waals surface area (Å²) in [7, 11) is 0. The number of amides is 1. The Morgan fingerprint density at radius 2 is 1.88 bits per heavy atom. The van der Waals surface area contributed by atoms with Crippen LogP contribution >= 0.6 is 0 Å². The Morgan fingerprint density at radius 3 is 2.61 bits per heavy atom. The molecule has 1 amide bonds. The van der Waals surface area contributed by atoms with Crippen LogP contribution in [0.1, 0.15) is 26.7 Å². The molecule has 3 aromatic rings. The van der Waals surface area contributed by atoms with Crippen LogP contribution < -0.4 is 10.2 Å². The second kappa shape index (κ2) is 11.0. The Labute approximate surface area is 195 Å². The lowest BCUT2D eigenvalue weighted by Gasteiger charge is -2.33. The molecule has 1 saturated heterocycles. The standard InChI is InChI=1S/C25H32N6O2/c1-3-30(4-2)18-15-27-24(32)20-12-16-31(17-13-20)23-21(11-8-14-26-23)25-28-22(29-33-25)19-9-6-5-7-10-19/h5-11,14,20H,3-4,12-13,15-18H2,1-2H3,(H,27,32). The maximum Gasteiger partial charge on any atom is 0.261 e. The zero-order chi connectivity index (χ0) is 23.0. The normalized spacial score (nSPS) is 14.6. The highest BCUT2D eigenvalue weighted by Crippen LogP contribution is 2.31. The highest BCUT2D eigenvalue weighted by molar-refractivity contribution is 5.79. The average molecular weight is 449 g/mol. The maximum absolute atomic E-state index is 12.6. The number of carbonyl (C=O) groups is 1. The zero-order valence-corrected chi connectivity index (χ0v) is 19.4. The molecule has 1 aliphatic rings. The van der Waals surface area contributed by atoms with E-state index in [2.05, 4.69) is 44.1 Å². The van der Waals surface area contributed by atoms with Gasteiger partial charge in [0.25, 0.3) is 5.89 Å². The molecule has 33 heavy (non-hydrogen) atoms. The van der Waals surface area contributed by atoms with Crippen LogP contribution in [0.25, 0.3) is 22.8 Å². The van der Waals surface area contributed by atoms with Crippen LogP contribution in [-0.4, -0.2) is 65.2 Å². The van der Waals surface area contributed by atoms with Crippen molar-refractivity contribution in [2.75, 3.05) is 44.2 Å². The van der Waals surface area contributed by atoms with E-state index in [0.29, 0.717) is 18.3 Å². The van der Waals surface area contributed by atoms with Crippen molar-refractivity contribution in [2.24, 2.45) is 5.92 Å². The Hall–Kier alpha value is -3.26. The molecule has 0 aliphatic carbocycles. The topological polar surface area (TPSA) is 87.4 Å². The largest absolute Gasteiger partial charge is 0.356 e. The fourth-order valence-corrected chi connectivity index (χ4v) is 4.23. The van der Waals surface area contributed by atoms with Gasteiger partial charge in [-0.15, -0.1) is 0 Å². The average Bonchev–Trinajstić information content (AvgIpc) is 3.37. The first-order valence-electron chi connectivity index (χ1n) is 11.8. The highest BCUT2D eigenvalue weighted by atomic mass is 16.5. The molecular formula is C25H32N6O2. The molecule has 2 aromatic heterocycles. The lowest BCUT2D eigenvalue weighted by Crippen LogP contribution is -2.43. The molecule has 0 radical (unpaired) electrons. The third-order valence-corrected chi connectivity index (χ3v) is 6.26. The quantitative estimate of drug-likeness (QED) is 0.536. The van der Waals surface area contributed by atoms with Crippen LogP contribution in [-0.2, 0) is 4.79 Å². The molecule has 3 heterocycles. The van der Waals surface area contributed by atoms with E-state index in [0.717, 1.165) is 62.5 Å². The zero-order valence-electron chi connectivity index (χ0n) is 19.4. The number of carbonyl (C=O) groups excluding carboxylic acids is 1. The molecule has 174 valence electrons. The van der Waals surface area contributed by atoms with Crippen LogP contribution in [0.3, 0.4) is 0 Å². The van der Waals surface area contributed by atoms with Crippen LogP contribution in [0.2, 0.25) is 0 Å². The van der Waals surface area contributed by atoms with Crippen molar-refractivity contribution in [2.45, 2.75) is 26.7 Å². The van der Waals surface area contributed by atoms with Crippen LogP contribution in [0.15, 0.2) is 53.2 Å². The number of piperidine rings is 1. The smallest absolute Gasteiger partial charge is 0.261 e. The summed E-state index contributed by atoms with van der Waals surface area (Å²) in [5.74, 6) is 2.03. The molecule has 8 nitrogen and oxygen atoms in total. The molecule has 0 bridgehead atoms. The van der Waals surface area contributed by atoms with E-state index < -0.39 is 0 Å². The number of benzene rings is 1. The van der Waals surface area contributed by atoms with Gasteiger partial charge in [0.1, 0.15) is 5.82 Å². The number of likely N-dealkylation sites (N-methyl/N-ethyl adjacent to an activating group) is 1. The Bertz CT molecular complexity index is 1030. The van der Waals surface area contributed by atoms with E-state index in [9.17, 15) is 4.79 Å². The van der Waals surface area contributed by atoms with Gasteiger partial charge in [-0.2, -0.15) is 4.98 Å². The number of aromatic nitrogens is 3. The van der Waals surface area contributed by atoms with Gasteiger partial charge in [-0.05, 0) is 38.1 Å². The maximum atomic E-state index is 12.6. The Kier molecular flexibility index (Phi) is 7.67. The van der Waals surface area contributed by atoms with Gasteiger partial charge < -0.3 is 19.6 Å². The predicted molar refractivity (Wildman–Crippen MR) is 129 cm³/mol.